The van der Waals surface area contributed by atoms with Gasteiger partial charge in [-0.2, -0.15) is 0 Å². The Bertz CT molecular complexity index is 695. The molecule has 3 fully saturated rings. The lowest BCUT2D eigenvalue weighted by Crippen LogP contribution is -2.47. The van der Waals surface area contributed by atoms with E-state index < -0.39 is 0 Å². The maximum Gasteiger partial charge on any atom is 0.225 e. The average Bonchev–Trinajstić information content (AvgIpc) is 3.23. The summed E-state index contributed by atoms with van der Waals surface area (Å²) in [5, 5.41) is 3.18. The van der Waals surface area contributed by atoms with E-state index in [1.54, 1.807) is 0 Å². The molecule has 0 spiro atoms. The van der Waals surface area contributed by atoms with E-state index in [0.29, 0.717) is 25.6 Å². The Labute approximate surface area is 163 Å². The Morgan fingerprint density at radius 1 is 1.23 bits per heavy atom. The summed E-state index contributed by atoms with van der Waals surface area (Å²) in [5.74, 6) is 0.0465. The molecule has 4 rings (SSSR count). The summed E-state index contributed by atoms with van der Waals surface area (Å²) in [5.41, 5.74) is 1.36. The van der Waals surface area contributed by atoms with Crippen LogP contribution in [0.4, 0.5) is 0 Å². The lowest BCUT2D eigenvalue weighted by atomic mass is 9.64. The van der Waals surface area contributed by atoms with Crippen LogP contribution >= 0.6 is 15.9 Å². The Hall–Kier alpha value is -1.36. The smallest absolute Gasteiger partial charge is 0.225 e. The predicted octanol–water partition coefficient (Wildman–Crippen LogP) is 3.78. The molecule has 140 valence electrons. The van der Waals surface area contributed by atoms with Crippen LogP contribution in [0.25, 0.3) is 0 Å². The zero-order valence-electron chi connectivity index (χ0n) is 15.2. The molecule has 3 aliphatic rings. The molecule has 2 amide bonds. The molecule has 5 heteroatoms. The van der Waals surface area contributed by atoms with Gasteiger partial charge in [-0.15, -0.1) is 0 Å². The van der Waals surface area contributed by atoms with Gasteiger partial charge in [0, 0.05) is 35.4 Å². The largest absolute Gasteiger partial charge is 0.355 e. The minimum absolute atomic E-state index is 0.0557. The minimum Gasteiger partial charge on any atom is -0.355 e. The molecule has 0 bridgehead atoms. The van der Waals surface area contributed by atoms with Gasteiger partial charge < -0.3 is 10.2 Å². The van der Waals surface area contributed by atoms with Crippen molar-refractivity contribution in [2.75, 3.05) is 13.1 Å². The van der Waals surface area contributed by atoms with Crippen LogP contribution < -0.4 is 5.32 Å². The number of amides is 2. The van der Waals surface area contributed by atoms with Gasteiger partial charge in [-0.25, -0.2) is 0 Å². The summed E-state index contributed by atoms with van der Waals surface area (Å²) in [6.45, 7) is 1.29. The molecule has 1 aromatic rings. The summed E-state index contributed by atoms with van der Waals surface area (Å²) < 4.78 is 1.08. The zero-order valence-corrected chi connectivity index (χ0v) is 16.8. The summed E-state index contributed by atoms with van der Waals surface area (Å²) in [6.07, 6.45) is 8.44. The van der Waals surface area contributed by atoms with E-state index in [-0.39, 0.29) is 23.1 Å². The first-order chi connectivity index (χ1) is 12.6. The maximum absolute atomic E-state index is 12.7. The first-order valence-electron chi connectivity index (χ1n) is 9.91. The van der Waals surface area contributed by atoms with E-state index in [4.69, 9.17) is 0 Å². The van der Waals surface area contributed by atoms with Gasteiger partial charge in [0.15, 0.2) is 0 Å². The van der Waals surface area contributed by atoms with Gasteiger partial charge in [0.25, 0.3) is 0 Å². The highest BCUT2D eigenvalue weighted by atomic mass is 79.9. The summed E-state index contributed by atoms with van der Waals surface area (Å²) in [7, 11) is 0. The second-order valence-electron chi connectivity index (χ2n) is 8.25. The van der Waals surface area contributed by atoms with E-state index in [2.05, 4.69) is 39.4 Å². The predicted molar refractivity (Wildman–Crippen MR) is 105 cm³/mol. The van der Waals surface area contributed by atoms with Crippen molar-refractivity contribution in [1.82, 2.24) is 10.2 Å². The fourth-order valence-corrected chi connectivity index (χ4v) is 5.27. The molecule has 1 heterocycles. The number of halogens is 1. The van der Waals surface area contributed by atoms with Gasteiger partial charge in [-0.05, 0) is 43.4 Å². The van der Waals surface area contributed by atoms with Crippen LogP contribution in [0.5, 0.6) is 0 Å². The highest BCUT2D eigenvalue weighted by Gasteiger charge is 2.42. The number of carbonyl (C=O) groups excluding carboxylic acids is 2. The first kappa shape index (κ1) is 18.0. The topological polar surface area (TPSA) is 49.4 Å². The summed E-state index contributed by atoms with van der Waals surface area (Å²) in [6, 6.07) is 8.82. The van der Waals surface area contributed by atoms with E-state index in [1.165, 1.54) is 24.8 Å². The number of nitrogens with one attached hydrogen (secondary N) is 1. The number of likely N-dealkylation sites (tertiary alicyclic amines) is 1. The fourth-order valence-electron chi connectivity index (χ4n) is 4.87. The van der Waals surface area contributed by atoms with Crippen LogP contribution in [0.15, 0.2) is 28.7 Å². The van der Waals surface area contributed by atoms with Crippen molar-refractivity contribution in [2.24, 2.45) is 5.92 Å². The molecular weight excluding hydrogens is 392 g/mol. The van der Waals surface area contributed by atoms with E-state index in [9.17, 15) is 9.59 Å². The van der Waals surface area contributed by atoms with E-state index in [0.717, 1.165) is 30.2 Å². The van der Waals surface area contributed by atoms with Crippen molar-refractivity contribution in [2.45, 2.75) is 62.8 Å². The van der Waals surface area contributed by atoms with Crippen LogP contribution in [0.2, 0.25) is 0 Å². The standard InChI is InChI=1S/C21H27BrN2O2/c22-17-6-3-5-16(12-17)21(9-4-10-21)14-23-20(26)15-11-19(25)24(13-15)18-7-1-2-8-18/h3,5-6,12,15,18H,1-2,4,7-11,13-14H2,(H,23,26). The van der Waals surface area contributed by atoms with Crippen LogP contribution in [-0.4, -0.2) is 35.8 Å². The molecule has 0 radical (unpaired) electrons. The normalized spacial score (nSPS) is 25.3. The number of rotatable bonds is 5. The molecule has 1 aromatic carbocycles. The number of benzene rings is 1. The number of carbonyl (C=O) groups is 2. The van der Waals surface area contributed by atoms with E-state index in [1.807, 2.05) is 11.0 Å². The molecule has 1 unspecified atom stereocenters. The van der Waals surface area contributed by atoms with Gasteiger partial charge in [0.05, 0.1) is 5.92 Å². The van der Waals surface area contributed by atoms with Crippen LogP contribution in [0.1, 0.15) is 56.9 Å². The Balaban J connectivity index is 1.37. The molecule has 1 atom stereocenters. The second kappa shape index (κ2) is 7.34. The van der Waals surface area contributed by atoms with Crippen molar-refractivity contribution in [3.63, 3.8) is 0 Å². The number of hydrogen-bond donors (Lipinski definition) is 1. The highest BCUT2D eigenvalue weighted by Crippen LogP contribution is 2.44. The third-order valence-corrected chi connectivity index (χ3v) is 7.14. The third-order valence-electron chi connectivity index (χ3n) is 6.64. The van der Waals surface area contributed by atoms with Gasteiger partial charge in [0.2, 0.25) is 11.8 Å². The lowest BCUT2D eigenvalue weighted by Gasteiger charge is -2.43. The van der Waals surface area contributed by atoms with Crippen LogP contribution in [0, 0.1) is 5.92 Å². The highest BCUT2D eigenvalue weighted by molar-refractivity contribution is 9.10. The van der Waals surface area contributed by atoms with Crippen molar-refractivity contribution < 1.29 is 9.59 Å². The van der Waals surface area contributed by atoms with E-state index >= 15 is 0 Å². The average molecular weight is 419 g/mol. The van der Waals surface area contributed by atoms with Gasteiger partial charge in [-0.1, -0.05) is 47.3 Å². The summed E-state index contributed by atoms with van der Waals surface area (Å²) in [4.78, 5) is 27.1. The fraction of sp³-hybridized carbons (Fsp3) is 0.619. The number of nitrogens with zero attached hydrogens (tertiary/aromatic N) is 1. The Morgan fingerprint density at radius 2 is 2.00 bits per heavy atom. The Morgan fingerprint density at radius 3 is 2.65 bits per heavy atom. The van der Waals surface area contributed by atoms with Crippen LogP contribution in [-0.2, 0) is 15.0 Å². The van der Waals surface area contributed by atoms with Crippen molar-refractivity contribution in [1.29, 1.82) is 0 Å². The maximum atomic E-state index is 12.7. The molecule has 2 aliphatic carbocycles. The van der Waals surface area contributed by atoms with Gasteiger partial charge in [-0.3, -0.25) is 9.59 Å². The monoisotopic (exact) mass is 418 g/mol. The first-order valence-corrected chi connectivity index (χ1v) is 10.7. The van der Waals surface area contributed by atoms with Gasteiger partial charge in [0.1, 0.15) is 0 Å². The molecule has 1 aliphatic heterocycles. The molecule has 26 heavy (non-hydrogen) atoms. The summed E-state index contributed by atoms with van der Waals surface area (Å²) >= 11 is 3.56. The molecular formula is C21H27BrN2O2. The molecule has 4 nitrogen and oxygen atoms in total. The van der Waals surface area contributed by atoms with Crippen molar-refractivity contribution in [3.8, 4) is 0 Å². The SMILES string of the molecule is O=C(NCC1(c2cccc(Br)c2)CCC1)C1CC(=O)N(C2CCCC2)C1. The van der Waals surface area contributed by atoms with Crippen LogP contribution in [0.3, 0.4) is 0 Å². The molecule has 2 saturated carbocycles. The zero-order chi connectivity index (χ0) is 18.1. The molecule has 1 N–H and O–H groups in total. The number of hydrogen-bond acceptors (Lipinski definition) is 2. The van der Waals surface area contributed by atoms with Crippen molar-refractivity contribution in [3.05, 3.63) is 34.3 Å². The minimum atomic E-state index is -0.178. The van der Waals surface area contributed by atoms with Gasteiger partial charge >= 0.3 is 0 Å². The third kappa shape index (κ3) is 3.42. The lowest BCUT2D eigenvalue weighted by molar-refractivity contribution is -0.130. The second-order valence-corrected chi connectivity index (χ2v) is 9.16. The molecule has 1 saturated heterocycles. The van der Waals surface area contributed by atoms with Crippen molar-refractivity contribution >= 4 is 27.7 Å². The molecule has 0 aromatic heterocycles. The quantitative estimate of drug-likeness (QED) is 0.790. The Kier molecular flexibility index (Phi) is 5.09.